The first kappa shape index (κ1) is 25.3. The van der Waals surface area contributed by atoms with E-state index in [1.54, 1.807) is 12.4 Å². The van der Waals surface area contributed by atoms with Gasteiger partial charge in [0.2, 0.25) is 15.9 Å². The molecule has 2 aromatic heterocycles. The van der Waals surface area contributed by atoms with Gasteiger partial charge >= 0.3 is 0 Å². The second-order valence-corrected chi connectivity index (χ2v) is 10.4. The van der Waals surface area contributed by atoms with Gasteiger partial charge in [0, 0.05) is 36.6 Å². The number of pyridine rings is 1. The zero-order valence-electron chi connectivity index (χ0n) is 18.9. The van der Waals surface area contributed by atoms with Crippen LogP contribution in [0.4, 0.5) is 0 Å². The smallest absolute Gasteiger partial charge is 0.242 e. The van der Waals surface area contributed by atoms with Gasteiger partial charge in [0.25, 0.3) is 0 Å². The average molecular weight is 492 g/mol. The van der Waals surface area contributed by atoms with Crippen LogP contribution < -0.4 is 10.5 Å². The molecule has 3 heterocycles. The van der Waals surface area contributed by atoms with Crippen LogP contribution >= 0.6 is 13.5 Å². The Balaban J connectivity index is 0.00000306. The highest BCUT2D eigenvalue weighted by molar-refractivity contribution is 7.88. The second-order valence-electron chi connectivity index (χ2n) is 8.46. The summed E-state index contributed by atoms with van der Waals surface area (Å²) in [4.78, 5) is 13.4. The molecule has 0 amide bonds. The first-order valence-corrected chi connectivity index (χ1v) is 12.2. The number of benzene rings is 1. The molecule has 178 valence electrons. The number of nitrogens with zero attached hydrogens (tertiary/aromatic N) is 4. The number of rotatable bonds is 6. The highest BCUT2D eigenvalue weighted by atomic mass is 32.2. The molecule has 33 heavy (non-hydrogen) atoms. The van der Waals surface area contributed by atoms with Crippen molar-refractivity contribution in [1.82, 2.24) is 19.3 Å². The van der Waals surface area contributed by atoms with E-state index < -0.39 is 21.7 Å². The maximum Gasteiger partial charge on any atom is 0.242 e. The molecular weight excluding hydrogens is 462 g/mol. The van der Waals surface area contributed by atoms with Crippen LogP contribution in [0.2, 0.25) is 0 Å². The number of morpholine rings is 1. The minimum Gasteiger partial charge on any atom is -0.473 e. The van der Waals surface area contributed by atoms with Gasteiger partial charge in [0.15, 0.2) is 5.52 Å². The van der Waals surface area contributed by atoms with Crippen molar-refractivity contribution in [2.24, 2.45) is 5.73 Å². The summed E-state index contributed by atoms with van der Waals surface area (Å²) >= 11 is 0. The van der Waals surface area contributed by atoms with E-state index in [1.807, 2.05) is 44.2 Å². The normalized spacial score (nSPS) is 17.5. The zero-order chi connectivity index (χ0) is 22.9. The van der Waals surface area contributed by atoms with Crippen molar-refractivity contribution in [3.63, 3.8) is 0 Å². The number of sulfonamides is 1. The fraction of sp³-hybridized carbons (Fsp3) is 0.409. The van der Waals surface area contributed by atoms with Crippen LogP contribution in [0.5, 0.6) is 5.88 Å². The van der Waals surface area contributed by atoms with Crippen molar-refractivity contribution in [3.8, 4) is 17.1 Å². The lowest BCUT2D eigenvalue weighted by atomic mass is 9.94. The Morgan fingerprint density at radius 3 is 2.58 bits per heavy atom. The summed E-state index contributed by atoms with van der Waals surface area (Å²) in [5.41, 5.74) is 9.54. The molecule has 0 bridgehead atoms. The molecule has 1 fully saturated rings. The van der Waals surface area contributed by atoms with Gasteiger partial charge in [0.1, 0.15) is 12.7 Å². The summed E-state index contributed by atoms with van der Waals surface area (Å²) in [5, 5.41) is 0. The molecule has 2 N–H and O–H groups in total. The number of fused-ring (bicyclic) bond motifs is 1. The summed E-state index contributed by atoms with van der Waals surface area (Å²) in [5.74, 6) is 0.328. The van der Waals surface area contributed by atoms with Gasteiger partial charge in [-0.3, -0.25) is 4.98 Å². The third kappa shape index (κ3) is 5.98. The number of hydrogen-bond acceptors (Lipinski definition) is 8. The molecule has 1 aliphatic heterocycles. The van der Waals surface area contributed by atoms with E-state index in [0.29, 0.717) is 35.8 Å². The van der Waals surface area contributed by atoms with E-state index in [4.69, 9.17) is 15.2 Å². The molecule has 9 nitrogen and oxygen atoms in total. The van der Waals surface area contributed by atoms with Crippen LogP contribution in [0.25, 0.3) is 22.3 Å². The third-order valence-electron chi connectivity index (χ3n) is 5.33. The van der Waals surface area contributed by atoms with Crippen molar-refractivity contribution in [2.45, 2.75) is 25.5 Å². The van der Waals surface area contributed by atoms with Gasteiger partial charge in [-0.2, -0.15) is 17.8 Å². The van der Waals surface area contributed by atoms with Gasteiger partial charge in [0.05, 0.1) is 24.1 Å². The van der Waals surface area contributed by atoms with Crippen LogP contribution in [0.1, 0.15) is 19.4 Å². The van der Waals surface area contributed by atoms with E-state index in [1.165, 1.54) is 10.6 Å². The summed E-state index contributed by atoms with van der Waals surface area (Å²) in [6.07, 6.45) is 3.99. The number of nitrogens with two attached hydrogens (primary N) is 1. The SMILES string of the molecule is CC(C)(N)c1ccc(-c2cc3nccnc3c(OC[C@@H]3CN(S(C)(=O)=O)CCO3)n2)cc1.S. The fourth-order valence-electron chi connectivity index (χ4n) is 3.53. The van der Waals surface area contributed by atoms with Crippen LogP contribution in [0, 0.1) is 0 Å². The third-order valence-corrected chi connectivity index (χ3v) is 6.60. The molecule has 0 aliphatic carbocycles. The monoisotopic (exact) mass is 491 g/mol. The van der Waals surface area contributed by atoms with Gasteiger partial charge in [-0.25, -0.2) is 18.4 Å². The molecule has 1 saturated heterocycles. The summed E-state index contributed by atoms with van der Waals surface area (Å²) in [7, 11) is -3.28. The lowest BCUT2D eigenvalue weighted by Gasteiger charge is -2.30. The Morgan fingerprint density at radius 1 is 1.21 bits per heavy atom. The minimum atomic E-state index is -3.28. The van der Waals surface area contributed by atoms with Crippen molar-refractivity contribution in [1.29, 1.82) is 0 Å². The number of ether oxygens (including phenoxy) is 2. The topological polar surface area (TPSA) is 121 Å². The predicted octanol–water partition coefficient (Wildman–Crippen LogP) is 2.04. The van der Waals surface area contributed by atoms with Gasteiger partial charge in [-0.1, -0.05) is 24.3 Å². The summed E-state index contributed by atoms with van der Waals surface area (Å²) in [6, 6.07) is 9.75. The van der Waals surface area contributed by atoms with Crippen LogP contribution in [-0.2, 0) is 20.3 Å². The van der Waals surface area contributed by atoms with Crippen molar-refractivity contribution < 1.29 is 17.9 Å². The van der Waals surface area contributed by atoms with Crippen molar-refractivity contribution in [2.75, 3.05) is 32.6 Å². The second kappa shape index (κ2) is 9.90. The standard InChI is InChI=1S/C22H27N5O4S.H2S/c1-22(2,23)16-6-4-15(5-7-16)18-12-19-20(25-9-8-24-19)21(26-18)31-14-17-13-27(10-11-30-17)32(3,28)29;/h4-9,12,17H,10-11,13-14,23H2,1-3H3;1H2/t17-;/m0./s1. The van der Waals surface area contributed by atoms with E-state index in [2.05, 4.69) is 15.0 Å². The largest absolute Gasteiger partial charge is 0.473 e. The predicted molar refractivity (Wildman–Crippen MR) is 132 cm³/mol. The Hall–Kier alpha value is -2.31. The quantitative estimate of drug-likeness (QED) is 0.556. The van der Waals surface area contributed by atoms with Crippen LogP contribution in [0.15, 0.2) is 42.7 Å². The van der Waals surface area contributed by atoms with E-state index in [-0.39, 0.29) is 26.6 Å². The zero-order valence-corrected chi connectivity index (χ0v) is 20.7. The Kier molecular flexibility index (Phi) is 7.59. The molecule has 0 spiro atoms. The van der Waals surface area contributed by atoms with Crippen LogP contribution in [0.3, 0.4) is 0 Å². The van der Waals surface area contributed by atoms with E-state index in [9.17, 15) is 8.42 Å². The summed E-state index contributed by atoms with van der Waals surface area (Å²) < 4.78 is 36.8. The first-order valence-electron chi connectivity index (χ1n) is 10.3. The Morgan fingerprint density at radius 2 is 1.91 bits per heavy atom. The molecule has 4 rings (SSSR count). The molecular formula is C22H29N5O4S2. The van der Waals surface area contributed by atoms with Crippen molar-refractivity contribution in [3.05, 3.63) is 48.3 Å². The maximum absolute atomic E-state index is 11.9. The fourth-order valence-corrected chi connectivity index (χ4v) is 4.37. The molecule has 1 atom stereocenters. The lowest BCUT2D eigenvalue weighted by molar-refractivity contribution is -0.0252. The van der Waals surface area contributed by atoms with Crippen LogP contribution in [-0.4, -0.2) is 66.3 Å². The average Bonchev–Trinajstić information content (AvgIpc) is 2.76. The van der Waals surface area contributed by atoms with E-state index in [0.717, 1.165) is 11.1 Å². The molecule has 1 aliphatic rings. The van der Waals surface area contributed by atoms with Crippen molar-refractivity contribution >= 4 is 34.6 Å². The van der Waals surface area contributed by atoms with Gasteiger partial charge in [-0.15, -0.1) is 0 Å². The molecule has 3 aromatic rings. The van der Waals surface area contributed by atoms with E-state index >= 15 is 0 Å². The molecule has 0 radical (unpaired) electrons. The molecule has 1 aromatic carbocycles. The number of hydrogen-bond donors (Lipinski definition) is 1. The van der Waals surface area contributed by atoms with Gasteiger partial charge < -0.3 is 15.2 Å². The molecule has 0 unspecified atom stereocenters. The maximum atomic E-state index is 11.9. The highest BCUT2D eigenvalue weighted by Crippen LogP contribution is 2.28. The summed E-state index contributed by atoms with van der Waals surface area (Å²) in [6.45, 7) is 4.95. The first-order chi connectivity index (χ1) is 15.1. The Bertz CT molecular complexity index is 1210. The molecule has 11 heteroatoms. The minimum absolute atomic E-state index is 0. The number of aromatic nitrogens is 3. The lowest BCUT2D eigenvalue weighted by Crippen LogP contribution is -2.47. The van der Waals surface area contributed by atoms with Gasteiger partial charge in [-0.05, 0) is 25.5 Å². The molecule has 0 saturated carbocycles. The Labute approximate surface area is 200 Å². The highest BCUT2D eigenvalue weighted by Gasteiger charge is 2.27.